The van der Waals surface area contributed by atoms with Crippen LogP contribution in [0.5, 0.6) is 0 Å². The molecule has 1 N–H and O–H groups in total. The fourth-order valence-electron chi connectivity index (χ4n) is 2.54. The second-order valence-corrected chi connectivity index (χ2v) is 5.02. The van der Waals surface area contributed by atoms with Gasteiger partial charge in [0, 0.05) is 0 Å². The molecule has 1 aromatic heterocycles. The van der Waals surface area contributed by atoms with Crippen molar-refractivity contribution >= 4 is 11.6 Å². The van der Waals surface area contributed by atoms with Gasteiger partial charge in [0.15, 0.2) is 0 Å². The van der Waals surface area contributed by atoms with E-state index in [0.717, 1.165) is 25.9 Å². The molecule has 5 heteroatoms. The molecule has 2 rings (SSSR count). The van der Waals surface area contributed by atoms with Gasteiger partial charge in [-0.15, -0.1) is 0 Å². The van der Waals surface area contributed by atoms with Crippen molar-refractivity contribution < 1.29 is 4.79 Å². The van der Waals surface area contributed by atoms with E-state index in [-0.39, 0.29) is 11.9 Å². The zero-order valence-electron chi connectivity index (χ0n) is 11.5. The van der Waals surface area contributed by atoms with Crippen molar-refractivity contribution in [2.24, 2.45) is 0 Å². The minimum Gasteiger partial charge on any atom is -0.322 e. The van der Waals surface area contributed by atoms with Crippen molar-refractivity contribution in [1.82, 2.24) is 14.9 Å². The molecule has 1 aliphatic heterocycles. The Balaban J connectivity index is 1.87. The molecular formula is C14H22N4O. The van der Waals surface area contributed by atoms with Gasteiger partial charge < -0.3 is 5.32 Å². The second-order valence-electron chi connectivity index (χ2n) is 5.02. The van der Waals surface area contributed by atoms with Gasteiger partial charge in [-0.05, 0) is 32.4 Å². The lowest BCUT2D eigenvalue weighted by Crippen LogP contribution is -2.40. The number of carbonyl (C=O) groups excluding carboxylic acids is 1. The standard InChI is InChI=1S/C14H22N4O/c1-2-3-4-7-18-8-5-6-13(18)14(19)17-12-9-15-11-16-10-12/h9-11,13H,2-8H2,1H3,(H,17,19). The summed E-state index contributed by atoms with van der Waals surface area (Å²) in [4.78, 5) is 22.4. The molecule has 2 heterocycles. The largest absolute Gasteiger partial charge is 0.322 e. The number of anilines is 1. The molecular weight excluding hydrogens is 240 g/mol. The van der Waals surface area contributed by atoms with E-state index in [2.05, 4.69) is 27.1 Å². The molecule has 0 aliphatic carbocycles. The molecule has 0 saturated carbocycles. The Kier molecular flexibility index (Phi) is 5.27. The number of aromatic nitrogens is 2. The lowest BCUT2D eigenvalue weighted by molar-refractivity contribution is -0.120. The number of hydrogen-bond acceptors (Lipinski definition) is 4. The molecule has 1 saturated heterocycles. The van der Waals surface area contributed by atoms with Crippen LogP contribution in [0.2, 0.25) is 0 Å². The van der Waals surface area contributed by atoms with Gasteiger partial charge in [-0.3, -0.25) is 9.69 Å². The Labute approximate surface area is 114 Å². The predicted molar refractivity (Wildman–Crippen MR) is 74.8 cm³/mol. The van der Waals surface area contributed by atoms with Crippen LogP contribution >= 0.6 is 0 Å². The lowest BCUT2D eigenvalue weighted by Gasteiger charge is -2.23. The van der Waals surface area contributed by atoms with E-state index in [4.69, 9.17) is 0 Å². The van der Waals surface area contributed by atoms with Gasteiger partial charge in [0.1, 0.15) is 6.33 Å². The molecule has 0 bridgehead atoms. The zero-order valence-corrected chi connectivity index (χ0v) is 11.5. The predicted octanol–water partition coefficient (Wildman–Crippen LogP) is 2.07. The zero-order chi connectivity index (χ0) is 13.5. The van der Waals surface area contributed by atoms with Crippen LogP contribution in [0.3, 0.4) is 0 Å². The normalized spacial score (nSPS) is 19.5. The van der Waals surface area contributed by atoms with Crippen LogP contribution in [0.1, 0.15) is 39.0 Å². The summed E-state index contributed by atoms with van der Waals surface area (Å²) < 4.78 is 0. The number of likely N-dealkylation sites (tertiary alicyclic amines) is 1. The highest BCUT2D eigenvalue weighted by Gasteiger charge is 2.30. The number of rotatable bonds is 6. The highest BCUT2D eigenvalue weighted by molar-refractivity contribution is 5.94. The molecule has 5 nitrogen and oxygen atoms in total. The maximum absolute atomic E-state index is 12.2. The molecule has 1 aliphatic rings. The highest BCUT2D eigenvalue weighted by Crippen LogP contribution is 2.19. The fraction of sp³-hybridized carbons (Fsp3) is 0.643. The minimum absolute atomic E-state index is 0.0112. The molecule has 1 atom stereocenters. The molecule has 1 amide bonds. The Hall–Kier alpha value is -1.49. The third-order valence-corrected chi connectivity index (χ3v) is 3.54. The Morgan fingerprint density at radius 1 is 1.42 bits per heavy atom. The molecule has 0 radical (unpaired) electrons. The van der Waals surface area contributed by atoms with Crippen LogP contribution < -0.4 is 5.32 Å². The average Bonchev–Trinajstić information content (AvgIpc) is 2.89. The summed E-state index contributed by atoms with van der Waals surface area (Å²) in [6.07, 6.45) is 10.4. The van der Waals surface area contributed by atoms with Gasteiger partial charge in [0.2, 0.25) is 5.91 Å². The molecule has 19 heavy (non-hydrogen) atoms. The summed E-state index contributed by atoms with van der Waals surface area (Å²) in [6, 6.07) is 0.0112. The van der Waals surface area contributed by atoms with Crippen LogP contribution in [-0.2, 0) is 4.79 Å². The van der Waals surface area contributed by atoms with Crippen LogP contribution in [-0.4, -0.2) is 39.9 Å². The molecule has 0 aromatic carbocycles. The van der Waals surface area contributed by atoms with E-state index in [1.54, 1.807) is 12.4 Å². The smallest absolute Gasteiger partial charge is 0.241 e. The van der Waals surface area contributed by atoms with Crippen molar-refractivity contribution in [3.05, 3.63) is 18.7 Å². The molecule has 0 spiro atoms. The van der Waals surface area contributed by atoms with E-state index in [0.29, 0.717) is 5.69 Å². The van der Waals surface area contributed by atoms with Gasteiger partial charge in [0.25, 0.3) is 0 Å². The Morgan fingerprint density at radius 2 is 2.21 bits per heavy atom. The maximum atomic E-state index is 12.2. The van der Waals surface area contributed by atoms with Crippen LogP contribution in [0, 0.1) is 0 Å². The summed E-state index contributed by atoms with van der Waals surface area (Å²) in [5.74, 6) is 0.0730. The molecule has 104 valence electrons. The monoisotopic (exact) mass is 262 g/mol. The van der Waals surface area contributed by atoms with Crippen LogP contribution in [0.15, 0.2) is 18.7 Å². The van der Waals surface area contributed by atoms with Gasteiger partial charge in [-0.25, -0.2) is 9.97 Å². The van der Waals surface area contributed by atoms with Crippen molar-refractivity contribution in [2.45, 2.75) is 45.1 Å². The molecule has 1 aromatic rings. The third kappa shape index (κ3) is 3.99. The maximum Gasteiger partial charge on any atom is 0.241 e. The average molecular weight is 262 g/mol. The minimum atomic E-state index is 0.0112. The molecule has 1 fully saturated rings. The first-order valence-electron chi connectivity index (χ1n) is 7.11. The molecule has 1 unspecified atom stereocenters. The van der Waals surface area contributed by atoms with E-state index in [9.17, 15) is 4.79 Å². The number of nitrogens with zero attached hydrogens (tertiary/aromatic N) is 3. The van der Waals surface area contributed by atoms with E-state index < -0.39 is 0 Å². The van der Waals surface area contributed by atoms with Crippen molar-refractivity contribution in [2.75, 3.05) is 18.4 Å². The highest BCUT2D eigenvalue weighted by atomic mass is 16.2. The van der Waals surface area contributed by atoms with Crippen molar-refractivity contribution in [3.8, 4) is 0 Å². The first-order valence-corrected chi connectivity index (χ1v) is 7.11. The number of unbranched alkanes of at least 4 members (excludes halogenated alkanes) is 2. The first-order chi connectivity index (χ1) is 9.31. The van der Waals surface area contributed by atoms with E-state index >= 15 is 0 Å². The number of nitrogens with one attached hydrogen (secondary N) is 1. The van der Waals surface area contributed by atoms with Crippen LogP contribution in [0.4, 0.5) is 5.69 Å². The topological polar surface area (TPSA) is 58.1 Å². The summed E-state index contributed by atoms with van der Waals surface area (Å²) in [5.41, 5.74) is 0.674. The summed E-state index contributed by atoms with van der Waals surface area (Å²) in [7, 11) is 0. The third-order valence-electron chi connectivity index (χ3n) is 3.54. The SMILES string of the molecule is CCCCCN1CCCC1C(=O)Nc1cncnc1. The number of hydrogen-bond donors (Lipinski definition) is 1. The van der Waals surface area contributed by atoms with Gasteiger partial charge >= 0.3 is 0 Å². The van der Waals surface area contributed by atoms with Crippen LogP contribution in [0.25, 0.3) is 0 Å². The Bertz CT molecular complexity index is 396. The summed E-state index contributed by atoms with van der Waals surface area (Å²) in [6.45, 7) is 4.26. The van der Waals surface area contributed by atoms with Gasteiger partial charge in [-0.2, -0.15) is 0 Å². The van der Waals surface area contributed by atoms with Crippen molar-refractivity contribution in [1.29, 1.82) is 0 Å². The summed E-state index contributed by atoms with van der Waals surface area (Å²) in [5, 5.41) is 2.90. The quantitative estimate of drug-likeness (QED) is 0.797. The summed E-state index contributed by atoms with van der Waals surface area (Å²) >= 11 is 0. The number of carbonyl (C=O) groups is 1. The fourth-order valence-corrected chi connectivity index (χ4v) is 2.54. The van der Waals surface area contributed by atoms with Crippen molar-refractivity contribution in [3.63, 3.8) is 0 Å². The number of amides is 1. The van der Waals surface area contributed by atoms with E-state index in [1.165, 1.54) is 25.6 Å². The second kappa shape index (κ2) is 7.19. The lowest BCUT2D eigenvalue weighted by atomic mass is 10.2. The first kappa shape index (κ1) is 13.9. The van der Waals surface area contributed by atoms with E-state index in [1.807, 2.05) is 0 Å². The van der Waals surface area contributed by atoms with Gasteiger partial charge in [0.05, 0.1) is 24.1 Å². The Morgan fingerprint density at radius 3 is 2.95 bits per heavy atom. The van der Waals surface area contributed by atoms with Gasteiger partial charge in [-0.1, -0.05) is 19.8 Å².